The van der Waals surface area contributed by atoms with E-state index in [-0.39, 0.29) is 35.0 Å². The molecule has 162 valence electrons. The van der Waals surface area contributed by atoms with Crippen molar-refractivity contribution < 1.29 is 18.0 Å². The molecule has 9 heteroatoms. The van der Waals surface area contributed by atoms with Crippen molar-refractivity contribution in [2.24, 2.45) is 0 Å². The van der Waals surface area contributed by atoms with Gasteiger partial charge in [0.15, 0.2) is 11.7 Å². The van der Waals surface area contributed by atoms with E-state index in [1.807, 2.05) is 19.9 Å². The minimum atomic E-state index is -4.52. The maximum Gasteiger partial charge on any atom is 0.410 e. The van der Waals surface area contributed by atoms with Crippen molar-refractivity contribution in [1.29, 1.82) is 0 Å². The van der Waals surface area contributed by atoms with Crippen molar-refractivity contribution >= 4 is 23.3 Å². The lowest BCUT2D eigenvalue weighted by Gasteiger charge is -2.38. The first-order valence-electron chi connectivity index (χ1n) is 10.2. The fourth-order valence-corrected chi connectivity index (χ4v) is 4.83. The van der Waals surface area contributed by atoms with E-state index in [0.717, 1.165) is 29.5 Å². The summed E-state index contributed by atoms with van der Waals surface area (Å²) in [5.41, 5.74) is 0.601. The molecule has 1 N–H and O–H groups in total. The zero-order valence-electron chi connectivity index (χ0n) is 16.8. The number of carbonyl (C=O) groups is 1. The third kappa shape index (κ3) is 3.66. The van der Waals surface area contributed by atoms with Crippen LogP contribution < -0.4 is 5.32 Å². The molecule has 3 heterocycles. The van der Waals surface area contributed by atoms with Gasteiger partial charge in [-0.15, -0.1) is 0 Å². The van der Waals surface area contributed by atoms with Gasteiger partial charge in [0.2, 0.25) is 0 Å². The van der Waals surface area contributed by atoms with Crippen LogP contribution in [0.5, 0.6) is 0 Å². The van der Waals surface area contributed by atoms with E-state index in [2.05, 4.69) is 10.4 Å². The van der Waals surface area contributed by atoms with Crippen molar-refractivity contribution in [2.75, 3.05) is 5.32 Å². The average molecular weight is 441 g/mol. The number of likely N-dealkylation sites (tertiary alicyclic amines) is 1. The first-order chi connectivity index (χ1) is 14.2. The number of carbonyl (C=O) groups excluding carboxylic acids is 1. The number of hydrogen-bond acceptors (Lipinski definition) is 3. The number of nitrogens with one attached hydrogen (secondary N) is 1. The zero-order chi connectivity index (χ0) is 21.6. The molecule has 1 aromatic carbocycles. The van der Waals surface area contributed by atoms with E-state index in [0.29, 0.717) is 0 Å². The van der Waals surface area contributed by atoms with E-state index >= 15 is 0 Å². The van der Waals surface area contributed by atoms with Gasteiger partial charge in [0.05, 0.1) is 6.04 Å². The van der Waals surface area contributed by atoms with Gasteiger partial charge in [0.1, 0.15) is 10.8 Å². The van der Waals surface area contributed by atoms with Crippen LogP contribution in [0.1, 0.15) is 67.7 Å². The molecule has 2 aromatic rings. The van der Waals surface area contributed by atoms with Crippen LogP contribution in [0.25, 0.3) is 0 Å². The maximum atomic E-state index is 13.9. The van der Waals surface area contributed by atoms with Crippen LogP contribution in [0.4, 0.5) is 19.0 Å². The highest BCUT2D eigenvalue weighted by Gasteiger charge is 2.48. The van der Waals surface area contributed by atoms with Gasteiger partial charge >= 0.3 is 6.18 Å². The number of alkyl halides is 3. The smallest absolute Gasteiger partial charge is 0.362 e. The van der Waals surface area contributed by atoms with Gasteiger partial charge in [-0.05, 0) is 38.7 Å². The first-order valence-corrected chi connectivity index (χ1v) is 10.5. The Hall–Kier alpha value is -2.22. The van der Waals surface area contributed by atoms with Crippen LogP contribution in [0, 0.1) is 0 Å². The van der Waals surface area contributed by atoms with Gasteiger partial charge in [-0.25, -0.2) is 4.68 Å². The number of aromatic nitrogens is 2. The van der Waals surface area contributed by atoms with Gasteiger partial charge in [0, 0.05) is 18.5 Å². The molecule has 0 aliphatic carbocycles. The summed E-state index contributed by atoms with van der Waals surface area (Å²) in [4.78, 5) is 14.9. The van der Waals surface area contributed by atoms with Crippen molar-refractivity contribution in [3.05, 3.63) is 46.6 Å². The number of halogens is 4. The SMILES string of the molecule is C[C@@H]1CCC[C@H](C)N1C(=O)c1nn2c(c1Cl)N[C@@H](c1ccccc1)C[C@H]2C(F)(F)F. The van der Waals surface area contributed by atoms with E-state index in [4.69, 9.17) is 11.6 Å². The Bertz CT molecular complexity index is 920. The Morgan fingerprint density at radius 1 is 1.17 bits per heavy atom. The number of nitrogens with zero attached hydrogens (tertiary/aromatic N) is 3. The first kappa shape index (κ1) is 21.0. The Kier molecular flexibility index (Phi) is 5.46. The Morgan fingerprint density at radius 3 is 2.40 bits per heavy atom. The van der Waals surface area contributed by atoms with Crippen LogP contribution in [-0.4, -0.2) is 38.8 Å². The molecule has 2 aliphatic heterocycles. The second kappa shape index (κ2) is 7.80. The lowest BCUT2D eigenvalue weighted by molar-refractivity contribution is -0.173. The normalized spacial score (nSPS) is 26.8. The third-order valence-corrected chi connectivity index (χ3v) is 6.49. The third-order valence-electron chi connectivity index (χ3n) is 6.13. The quantitative estimate of drug-likeness (QED) is 0.661. The molecule has 1 saturated heterocycles. The predicted molar refractivity (Wildman–Crippen MR) is 109 cm³/mol. The van der Waals surface area contributed by atoms with E-state index in [1.165, 1.54) is 0 Å². The zero-order valence-corrected chi connectivity index (χ0v) is 17.5. The van der Waals surface area contributed by atoms with Gasteiger partial charge in [-0.3, -0.25) is 4.79 Å². The van der Waals surface area contributed by atoms with Gasteiger partial charge in [-0.1, -0.05) is 41.9 Å². The van der Waals surface area contributed by atoms with Gasteiger partial charge in [0.25, 0.3) is 5.91 Å². The van der Waals surface area contributed by atoms with Gasteiger partial charge < -0.3 is 10.2 Å². The number of rotatable bonds is 2. The monoisotopic (exact) mass is 440 g/mol. The topological polar surface area (TPSA) is 50.2 Å². The highest BCUT2D eigenvalue weighted by molar-refractivity contribution is 6.36. The standard InChI is InChI=1S/C21H24ClF3N4O/c1-12-7-6-8-13(2)28(12)20(30)18-17(22)19-26-15(14-9-4-3-5-10-14)11-16(21(23,24)25)29(19)27-18/h3-5,9-10,12-13,15-16,26H,6-8,11H2,1-2H3/t12-,13+,15-,16+/m1/s1. The summed E-state index contributed by atoms with van der Waals surface area (Å²) in [7, 11) is 0. The Morgan fingerprint density at radius 2 is 1.80 bits per heavy atom. The molecule has 1 aromatic heterocycles. The molecule has 30 heavy (non-hydrogen) atoms. The fraction of sp³-hybridized carbons (Fsp3) is 0.524. The molecule has 0 radical (unpaired) electrons. The number of piperidine rings is 1. The summed E-state index contributed by atoms with van der Waals surface area (Å²) in [6.07, 6.45) is -2.05. The number of hydrogen-bond donors (Lipinski definition) is 1. The molecule has 1 amide bonds. The minimum Gasteiger partial charge on any atom is -0.362 e. The number of fused-ring (bicyclic) bond motifs is 1. The molecule has 0 bridgehead atoms. The summed E-state index contributed by atoms with van der Waals surface area (Å²) in [5.74, 6) is -0.375. The largest absolute Gasteiger partial charge is 0.410 e. The van der Waals surface area contributed by atoms with Crippen molar-refractivity contribution in [1.82, 2.24) is 14.7 Å². The lowest BCUT2D eigenvalue weighted by atomic mass is 9.97. The van der Waals surface area contributed by atoms with Crippen molar-refractivity contribution in [3.8, 4) is 0 Å². The second-order valence-electron chi connectivity index (χ2n) is 8.20. The van der Waals surface area contributed by atoms with Gasteiger partial charge in [-0.2, -0.15) is 18.3 Å². The molecule has 5 nitrogen and oxygen atoms in total. The fourth-order valence-electron chi connectivity index (χ4n) is 4.57. The molecule has 0 unspecified atom stereocenters. The number of benzene rings is 1. The number of amides is 1. The summed E-state index contributed by atoms with van der Waals surface area (Å²) in [6, 6.07) is 6.43. The van der Waals surface area contributed by atoms with Crippen LogP contribution >= 0.6 is 11.6 Å². The molecule has 0 spiro atoms. The molecule has 1 fully saturated rings. The summed E-state index contributed by atoms with van der Waals surface area (Å²) < 4.78 is 42.6. The summed E-state index contributed by atoms with van der Waals surface area (Å²) in [5, 5.41) is 7.11. The highest BCUT2D eigenvalue weighted by Crippen LogP contribution is 2.46. The van der Waals surface area contributed by atoms with E-state index < -0.39 is 24.2 Å². The van der Waals surface area contributed by atoms with E-state index in [9.17, 15) is 18.0 Å². The lowest BCUT2D eigenvalue weighted by Crippen LogP contribution is -2.47. The highest BCUT2D eigenvalue weighted by atomic mass is 35.5. The molecular formula is C21H24ClF3N4O. The summed E-state index contributed by atoms with van der Waals surface area (Å²) in [6.45, 7) is 3.89. The van der Waals surface area contributed by atoms with Crippen LogP contribution in [-0.2, 0) is 0 Å². The summed E-state index contributed by atoms with van der Waals surface area (Å²) >= 11 is 6.46. The maximum absolute atomic E-state index is 13.9. The van der Waals surface area contributed by atoms with Crippen LogP contribution in [0.15, 0.2) is 30.3 Å². The van der Waals surface area contributed by atoms with Crippen LogP contribution in [0.2, 0.25) is 5.02 Å². The Labute approximate surface area is 178 Å². The second-order valence-corrected chi connectivity index (χ2v) is 8.58. The molecule has 0 saturated carbocycles. The molecule has 4 rings (SSSR count). The Balaban J connectivity index is 1.74. The van der Waals surface area contributed by atoms with E-state index in [1.54, 1.807) is 29.2 Å². The van der Waals surface area contributed by atoms with Crippen molar-refractivity contribution in [3.63, 3.8) is 0 Å². The predicted octanol–water partition coefficient (Wildman–Crippen LogP) is 5.60. The molecule has 2 aliphatic rings. The molecular weight excluding hydrogens is 417 g/mol. The number of anilines is 1. The average Bonchev–Trinajstić information content (AvgIpc) is 3.03. The molecule has 4 atom stereocenters. The van der Waals surface area contributed by atoms with Crippen LogP contribution in [0.3, 0.4) is 0 Å². The van der Waals surface area contributed by atoms with Crippen molar-refractivity contribution in [2.45, 2.75) is 69.9 Å². The minimum absolute atomic E-state index is 0.0144.